The van der Waals surface area contributed by atoms with Crippen LogP contribution in [-0.2, 0) is 9.59 Å². The molecule has 1 rings (SSSR count). The highest BCUT2D eigenvalue weighted by atomic mass is 16.2. The SMILES string of the molecule is O=CC(=O)NNc1ccccc1. The first-order valence-corrected chi connectivity index (χ1v) is 3.39. The zero-order valence-corrected chi connectivity index (χ0v) is 6.28. The molecular weight excluding hydrogens is 156 g/mol. The first-order chi connectivity index (χ1) is 5.83. The van der Waals surface area contributed by atoms with Gasteiger partial charge in [-0.15, -0.1) is 0 Å². The van der Waals surface area contributed by atoms with Gasteiger partial charge in [-0.05, 0) is 12.1 Å². The highest BCUT2D eigenvalue weighted by Gasteiger charge is 1.94. The average molecular weight is 164 g/mol. The zero-order chi connectivity index (χ0) is 8.81. The van der Waals surface area contributed by atoms with E-state index in [2.05, 4.69) is 10.9 Å². The maximum atomic E-state index is 10.4. The van der Waals surface area contributed by atoms with E-state index in [0.717, 1.165) is 5.69 Å². The minimum atomic E-state index is -0.696. The van der Waals surface area contributed by atoms with Crippen LogP contribution < -0.4 is 10.9 Å². The van der Waals surface area contributed by atoms with E-state index in [0.29, 0.717) is 0 Å². The molecule has 12 heavy (non-hydrogen) atoms. The summed E-state index contributed by atoms with van der Waals surface area (Å²) in [6.45, 7) is 0. The third-order valence-electron chi connectivity index (χ3n) is 1.21. The molecule has 0 heterocycles. The van der Waals surface area contributed by atoms with Gasteiger partial charge in [0.05, 0.1) is 5.69 Å². The molecule has 0 aliphatic rings. The van der Waals surface area contributed by atoms with E-state index in [9.17, 15) is 9.59 Å². The first kappa shape index (κ1) is 8.26. The van der Waals surface area contributed by atoms with E-state index >= 15 is 0 Å². The number of nitrogens with one attached hydrogen (secondary N) is 2. The molecule has 1 aromatic rings. The van der Waals surface area contributed by atoms with Crippen LogP contribution in [0.4, 0.5) is 5.69 Å². The molecule has 1 amide bonds. The Morgan fingerprint density at radius 1 is 1.25 bits per heavy atom. The maximum Gasteiger partial charge on any atom is 0.302 e. The van der Waals surface area contributed by atoms with Crippen molar-refractivity contribution >= 4 is 17.9 Å². The summed E-state index contributed by atoms with van der Waals surface area (Å²) in [6.07, 6.45) is 0.204. The number of hydrogen-bond acceptors (Lipinski definition) is 3. The minimum absolute atomic E-state index is 0.204. The van der Waals surface area contributed by atoms with Gasteiger partial charge in [-0.3, -0.25) is 20.4 Å². The van der Waals surface area contributed by atoms with Crippen LogP contribution in [0.5, 0.6) is 0 Å². The number of carbonyl (C=O) groups is 2. The Morgan fingerprint density at radius 2 is 1.92 bits per heavy atom. The van der Waals surface area contributed by atoms with Gasteiger partial charge in [-0.25, -0.2) is 0 Å². The lowest BCUT2D eigenvalue weighted by atomic mass is 10.3. The number of benzene rings is 1. The van der Waals surface area contributed by atoms with E-state index < -0.39 is 5.91 Å². The molecular formula is C8H8N2O2. The normalized spacial score (nSPS) is 8.67. The molecule has 0 bridgehead atoms. The summed E-state index contributed by atoms with van der Waals surface area (Å²) in [5, 5.41) is 0. The lowest BCUT2D eigenvalue weighted by Crippen LogP contribution is -2.29. The standard InChI is InChI=1S/C8H8N2O2/c11-6-8(12)10-9-7-4-2-1-3-5-7/h1-6,9H,(H,10,12). The topological polar surface area (TPSA) is 58.2 Å². The predicted molar refractivity (Wildman–Crippen MR) is 44.3 cm³/mol. The minimum Gasteiger partial charge on any atom is -0.298 e. The van der Waals surface area contributed by atoms with Crippen molar-refractivity contribution in [3.05, 3.63) is 30.3 Å². The highest BCUT2D eigenvalue weighted by molar-refractivity contribution is 6.23. The molecule has 0 saturated carbocycles. The van der Waals surface area contributed by atoms with Gasteiger partial charge in [0.2, 0.25) is 6.29 Å². The van der Waals surface area contributed by atoms with E-state index in [1.54, 1.807) is 12.1 Å². The second kappa shape index (κ2) is 4.12. The molecule has 0 aliphatic heterocycles. The molecule has 4 nitrogen and oxygen atoms in total. The van der Waals surface area contributed by atoms with E-state index in [-0.39, 0.29) is 6.29 Å². The van der Waals surface area contributed by atoms with Crippen LogP contribution >= 0.6 is 0 Å². The summed E-state index contributed by atoms with van der Waals surface area (Å²) < 4.78 is 0. The van der Waals surface area contributed by atoms with E-state index in [1.165, 1.54) is 0 Å². The smallest absolute Gasteiger partial charge is 0.298 e. The van der Waals surface area contributed by atoms with Crippen molar-refractivity contribution < 1.29 is 9.59 Å². The van der Waals surface area contributed by atoms with Crippen molar-refractivity contribution in [3.8, 4) is 0 Å². The number of hydrazine groups is 1. The summed E-state index contributed by atoms with van der Waals surface area (Å²) in [5.41, 5.74) is 5.49. The van der Waals surface area contributed by atoms with Crippen LogP contribution in [0.2, 0.25) is 0 Å². The molecule has 1 aromatic carbocycles. The third kappa shape index (κ3) is 2.42. The fourth-order valence-corrected chi connectivity index (χ4v) is 0.685. The molecule has 0 atom stereocenters. The third-order valence-corrected chi connectivity index (χ3v) is 1.21. The summed E-state index contributed by atoms with van der Waals surface area (Å²) in [5.74, 6) is -0.696. The fraction of sp³-hybridized carbons (Fsp3) is 0. The van der Waals surface area contributed by atoms with Gasteiger partial charge in [0.1, 0.15) is 0 Å². The second-order valence-electron chi connectivity index (χ2n) is 2.10. The van der Waals surface area contributed by atoms with Crippen LogP contribution in [0.3, 0.4) is 0 Å². The molecule has 0 saturated heterocycles. The molecule has 62 valence electrons. The van der Waals surface area contributed by atoms with Gasteiger partial charge >= 0.3 is 5.91 Å². The predicted octanol–water partition coefficient (Wildman–Crippen LogP) is 0.329. The van der Waals surface area contributed by atoms with Gasteiger partial charge in [0.25, 0.3) is 0 Å². The largest absolute Gasteiger partial charge is 0.302 e. The van der Waals surface area contributed by atoms with Gasteiger partial charge in [-0.1, -0.05) is 18.2 Å². The van der Waals surface area contributed by atoms with Crippen LogP contribution in [0.25, 0.3) is 0 Å². The van der Waals surface area contributed by atoms with Crippen molar-refractivity contribution in [1.29, 1.82) is 0 Å². The van der Waals surface area contributed by atoms with Crippen molar-refractivity contribution in [2.45, 2.75) is 0 Å². The number of rotatable bonds is 3. The van der Waals surface area contributed by atoms with Crippen molar-refractivity contribution in [3.63, 3.8) is 0 Å². The molecule has 0 aromatic heterocycles. The quantitative estimate of drug-likeness (QED) is 0.384. The zero-order valence-electron chi connectivity index (χ0n) is 6.28. The molecule has 2 N–H and O–H groups in total. The Hall–Kier alpha value is -1.84. The highest BCUT2D eigenvalue weighted by Crippen LogP contribution is 2.01. The first-order valence-electron chi connectivity index (χ1n) is 3.39. The molecule has 4 heteroatoms. The summed E-state index contributed by atoms with van der Waals surface area (Å²) in [6, 6.07) is 9.02. The molecule has 0 unspecified atom stereocenters. The Kier molecular flexibility index (Phi) is 2.84. The van der Waals surface area contributed by atoms with Crippen LogP contribution in [-0.4, -0.2) is 12.2 Å². The van der Waals surface area contributed by atoms with E-state index in [4.69, 9.17) is 0 Å². The summed E-state index contributed by atoms with van der Waals surface area (Å²) >= 11 is 0. The fourth-order valence-electron chi connectivity index (χ4n) is 0.685. The lowest BCUT2D eigenvalue weighted by molar-refractivity contribution is -0.130. The maximum absolute atomic E-state index is 10.4. The Bertz CT molecular complexity index is 272. The van der Waals surface area contributed by atoms with Gasteiger partial charge in [0.15, 0.2) is 0 Å². The number of carbonyl (C=O) groups excluding carboxylic acids is 2. The van der Waals surface area contributed by atoms with Gasteiger partial charge < -0.3 is 0 Å². The van der Waals surface area contributed by atoms with Crippen LogP contribution in [0, 0.1) is 0 Å². The number of anilines is 1. The molecule has 0 fully saturated rings. The molecule has 0 aliphatic carbocycles. The van der Waals surface area contributed by atoms with Crippen LogP contribution in [0.15, 0.2) is 30.3 Å². The Morgan fingerprint density at radius 3 is 2.50 bits per heavy atom. The summed E-state index contributed by atoms with van der Waals surface area (Å²) in [4.78, 5) is 20.3. The van der Waals surface area contributed by atoms with Crippen molar-refractivity contribution in [2.75, 3.05) is 5.43 Å². The Labute approximate surface area is 69.6 Å². The number of hydrogen-bond donors (Lipinski definition) is 2. The van der Waals surface area contributed by atoms with Crippen molar-refractivity contribution in [2.24, 2.45) is 0 Å². The monoisotopic (exact) mass is 164 g/mol. The number of amides is 1. The lowest BCUT2D eigenvalue weighted by Gasteiger charge is -2.03. The van der Waals surface area contributed by atoms with Gasteiger partial charge in [-0.2, -0.15) is 0 Å². The molecule has 0 radical (unpaired) electrons. The number of para-hydroxylation sites is 1. The van der Waals surface area contributed by atoms with Crippen molar-refractivity contribution in [1.82, 2.24) is 5.43 Å². The average Bonchev–Trinajstić information content (AvgIpc) is 2.16. The summed E-state index contributed by atoms with van der Waals surface area (Å²) in [7, 11) is 0. The van der Waals surface area contributed by atoms with Gasteiger partial charge in [0, 0.05) is 0 Å². The van der Waals surface area contributed by atoms with E-state index in [1.807, 2.05) is 18.2 Å². The Balaban J connectivity index is 2.43. The second-order valence-corrected chi connectivity index (χ2v) is 2.10. The molecule has 0 spiro atoms. The number of aldehydes is 1. The van der Waals surface area contributed by atoms with Crippen LogP contribution in [0.1, 0.15) is 0 Å².